The summed E-state index contributed by atoms with van der Waals surface area (Å²) < 4.78 is 40.8. The lowest BCUT2D eigenvalue weighted by atomic mass is 10.1. The quantitative estimate of drug-likeness (QED) is 0.852. The van der Waals surface area contributed by atoms with Crippen LogP contribution in [0.1, 0.15) is 16.7 Å². The van der Waals surface area contributed by atoms with Gasteiger partial charge in [0.2, 0.25) is 10.0 Å². The molecular weight excluding hydrogens is 291 g/mol. The van der Waals surface area contributed by atoms with Crippen molar-refractivity contribution in [2.45, 2.75) is 25.3 Å². The number of sulfonamides is 1. The molecule has 0 aliphatic heterocycles. The highest BCUT2D eigenvalue weighted by molar-refractivity contribution is 7.89. The monoisotopic (exact) mass is 308 g/mol. The van der Waals surface area contributed by atoms with Crippen LogP contribution in [0.15, 0.2) is 41.3 Å². The molecule has 0 aromatic heterocycles. The molecule has 21 heavy (non-hydrogen) atoms. The number of nitrogen functional groups attached to an aromatic ring is 1. The molecule has 0 amide bonds. The van der Waals surface area contributed by atoms with Crippen molar-refractivity contribution in [1.29, 1.82) is 0 Å². The SMILES string of the molecule is Cc1cccc(CNS(=O)(=O)c2cc(N)cc(C)c2F)c1. The molecule has 0 saturated carbocycles. The molecule has 4 nitrogen and oxygen atoms in total. The molecule has 2 aromatic rings. The fourth-order valence-corrected chi connectivity index (χ4v) is 3.24. The maximum atomic E-state index is 14.0. The van der Waals surface area contributed by atoms with Crippen LogP contribution in [0.5, 0.6) is 0 Å². The van der Waals surface area contributed by atoms with Gasteiger partial charge in [-0.3, -0.25) is 0 Å². The van der Waals surface area contributed by atoms with E-state index in [1.54, 1.807) is 6.07 Å². The Morgan fingerprint density at radius 1 is 1.19 bits per heavy atom. The molecular formula is C15H17FN2O2S. The Balaban J connectivity index is 2.27. The molecule has 0 unspecified atom stereocenters. The molecule has 0 saturated heterocycles. The van der Waals surface area contributed by atoms with Crippen LogP contribution in [0.4, 0.5) is 10.1 Å². The van der Waals surface area contributed by atoms with E-state index >= 15 is 0 Å². The highest BCUT2D eigenvalue weighted by atomic mass is 32.2. The predicted octanol–water partition coefficient (Wildman–Crippen LogP) is 2.50. The van der Waals surface area contributed by atoms with E-state index in [9.17, 15) is 12.8 Å². The molecule has 0 heterocycles. The van der Waals surface area contributed by atoms with Crippen LogP contribution in [0.2, 0.25) is 0 Å². The van der Waals surface area contributed by atoms with E-state index in [4.69, 9.17) is 5.73 Å². The summed E-state index contributed by atoms with van der Waals surface area (Å²) in [4.78, 5) is -0.423. The third-order valence-electron chi connectivity index (χ3n) is 3.08. The molecule has 0 aliphatic rings. The zero-order valence-electron chi connectivity index (χ0n) is 11.9. The van der Waals surface area contributed by atoms with E-state index in [-0.39, 0.29) is 17.8 Å². The summed E-state index contributed by atoms with van der Waals surface area (Å²) in [7, 11) is -3.95. The molecule has 0 spiro atoms. The number of nitrogens with two attached hydrogens (primary N) is 1. The van der Waals surface area contributed by atoms with Crippen LogP contribution in [0.25, 0.3) is 0 Å². The third kappa shape index (κ3) is 3.59. The van der Waals surface area contributed by atoms with Crippen molar-refractivity contribution in [3.05, 3.63) is 58.9 Å². The maximum Gasteiger partial charge on any atom is 0.243 e. The smallest absolute Gasteiger partial charge is 0.243 e. The van der Waals surface area contributed by atoms with Crippen molar-refractivity contribution in [2.24, 2.45) is 0 Å². The first kappa shape index (κ1) is 15.5. The summed E-state index contributed by atoms with van der Waals surface area (Å²) in [6.07, 6.45) is 0. The minimum absolute atomic E-state index is 0.0945. The van der Waals surface area contributed by atoms with Gasteiger partial charge in [-0.15, -0.1) is 0 Å². The highest BCUT2D eigenvalue weighted by Gasteiger charge is 2.20. The summed E-state index contributed by atoms with van der Waals surface area (Å²) >= 11 is 0. The fraction of sp³-hybridized carbons (Fsp3) is 0.200. The van der Waals surface area contributed by atoms with Crippen molar-refractivity contribution in [2.75, 3.05) is 5.73 Å². The lowest BCUT2D eigenvalue weighted by molar-refractivity contribution is 0.553. The third-order valence-corrected chi connectivity index (χ3v) is 4.48. The molecule has 0 bridgehead atoms. The number of aryl methyl sites for hydroxylation is 2. The zero-order valence-corrected chi connectivity index (χ0v) is 12.7. The van der Waals surface area contributed by atoms with Gasteiger partial charge in [0.05, 0.1) is 0 Å². The first-order valence-electron chi connectivity index (χ1n) is 6.40. The Bertz CT molecular complexity index is 773. The standard InChI is InChI=1S/C15H17FN2O2S/c1-10-4-3-5-12(6-10)9-18-21(19,20)14-8-13(17)7-11(2)15(14)16/h3-8,18H,9,17H2,1-2H3. The topological polar surface area (TPSA) is 72.2 Å². The Morgan fingerprint density at radius 3 is 2.57 bits per heavy atom. The van der Waals surface area contributed by atoms with Crippen LogP contribution < -0.4 is 10.5 Å². The Labute approximate surface area is 123 Å². The van der Waals surface area contributed by atoms with Crippen LogP contribution in [-0.2, 0) is 16.6 Å². The minimum atomic E-state index is -3.95. The van der Waals surface area contributed by atoms with Gasteiger partial charge in [0.1, 0.15) is 10.7 Å². The van der Waals surface area contributed by atoms with Crippen molar-refractivity contribution >= 4 is 15.7 Å². The Hall–Kier alpha value is -1.92. The van der Waals surface area contributed by atoms with Crippen molar-refractivity contribution in [1.82, 2.24) is 4.72 Å². The number of hydrogen-bond acceptors (Lipinski definition) is 3. The van der Waals surface area contributed by atoms with Gasteiger partial charge in [-0.1, -0.05) is 29.8 Å². The fourth-order valence-electron chi connectivity index (χ4n) is 2.04. The normalized spacial score (nSPS) is 11.6. The number of benzene rings is 2. The van der Waals surface area contributed by atoms with Crippen LogP contribution in [0, 0.1) is 19.7 Å². The van der Waals surface area contributed by atoms with E-state index in [0.717, 1.165) is 17.2 Å². The summed E-state index contributed by atoms with van der Waals surface area (Å²) in [5.41, 5.74) is 7.84. The number of anilines is 1. The molecule has 0 aliphatic carbocycles. The van der Waals surface area contributed by atoms with E-state index in [0.29, 0.717) is 0 Å². The van der Waals surface area contributed by atoms with Gasteiger partial charge in [-0.2, -0.15) is 0 Å². The first-order valence-corrected chi connectivity index (χ1v) is 7.89. The van der Waals surface area contributed by atoms with Crippen molar-refractivity contribution in [3.8, 4) is 0 Å². The summed E-state index contributed by atoms with van der Waals surface area (Å²) in [6.45, 7) is 3.49. The minimum Gasteiger partial charge on any atom is -0.399 e. The van der Waals surface area contributed by atoms with Gasteiger partial charge in [0.25, 0.3) is 0 Å². The number of hydrogen-bond donors (Lipinski definition) is 2. The van der Waals surface area contributed by atoms with Crippen LogP contribution in [-0.4, -0.2) is 8.42 Å². The average Bonchev–Trinajstić information content (AvgIpc) is 2.41. The second kappa shape index (κ2) is 5.83. The van der Waals surface area contributed by atoms with E-state index < -0.39 is 20.7 Å². The van der Waals surface area contributed by atoms with E-state index in [1.807, 2.05) is 25.1 Å². The molecule has 2 rings (SSSR count). The molecule has 3 N–H and O–H groups in total. The van der Waals surface area contributed by atoms with E-state index in [1.165, 1.54) is 13.0 Å². The van der Waals surface area contributed by atoms with Crippen molar-refractivity contribution in [3.63, 3.8) is 0 Å². The Morgan fingerprint density at radius 2 is 1.90 bits per heavy atom. The lowest BCUT2D eigenvalue weighted by Crippen LogP contribution is -2.24. The van der Waals surface area contributed by atoms with Gasteiger partial charge in [-0.25, -0.2) is 17.5 Å². The molecule has 6 heteroatoms. The van der Waals surface area contributed by atoms with Crippen LogP contribution in [0.3, 0.4) is 0 Å². The van der Waals surface area contributed by atoms with Gasteiger partial charge in [0.15, 0.2) is 0 Å². The average molecular weight is 308 g/mol. The van der Waals surface area contributed by atoms with Gasteiger partial charge >= 0.3 is 0 Å². The largest absolute Gasteiger partial charge is 0.399 e. The van der Waals surface area contributed by atoms with Gasteiger partial charge < -0.3 is 5.73 Å². The predicted molar refractivity (Wildman–Crippen MR) is 80.8 cm³/mol. The highest BCUT2D eigenvalue weighted by Crippen LogP contribution is 2.21. The van der Waals surface area contributed by atoms with E-state index in [2.05, 4.69) is 4.72 Å². The van der Waals surface area contributed by atoms with Crippen LogP contribution >= 0.6 is 0 Å². The zero-order chi connectivity index (χ0) is 15.6. The second-order valence-electron chi connectivity index (χ2n) is 4.96. The maximum absolute atomic E-state index is 14.0. The van der Waals surface area contributed by atoms with Crippen molar-refractivity contribution < 1.29 is 12.8 Å². The number of halogens is 1. The summed E-state index contributed by atoms with van der Waals surface area (Å²) in [6, 6.07) is 9.94. The number of rotatable bonds is 4. The number of nitrogens with one attached hydrogen (secondary N) is 1. The summed E-state index contributed by atoms with van der Waals surface area (Å²) in [5.74, 6) is -0.777. The summed E-state index contributed by atoms with van der Waals surface area (Å²) in [5, 5.41) is 0. The molecule has 112 valence electrons. The molecule has 0 atom stereocenters. The van der Waals surface area contributed by atoms with Gasteiger partial charge in [0, 0.05) is 12.2 Å². The molecule has 0 radical (unpaired) electrons. The Kier molecular flexibility index (Phi) is 4.29. The first-order chi connectivity index (χ1) is 9.79. The second-order valence-corrected chi connectivity index (χ2v) is 6.70. The lowest BCUT2D eigenvalue weighted by Gasteiger charge is -2.10. The van der Waals surface area contributed by atoms with Gasteiger partial charge in [-0.05, 0) is 37.1 Å². The molecule has 2 aromatic carbocycles. The molecule has 0 fully saturated rings.